The second-order valence-corrected chi connectivity index (χ2v) is 5.25. The predicted molar refractivity (Wildman–Crippen MR) is 76.0 cm³/mol. The van der Waals surface area contributed by atoms with Gasteiger partial charge in [-0.3, -0.25) is 4.79 Å². The van der Waals surface area contributed by atoms with E-state index in [0.717, 1.165) is 22.8 Å². The van der Waals surface area contributed by atoms with Crippen molar-refractivity contribution in [2.24, 2.45) is 0 Å². The second kappa shape index (κ2) is 5.93. The highest BCUT2D eigenvalue weighted by Gasteiger charge is 2.11. The van der Waals surface area contributed by atoms with Gasteiger partial charge in [0, 0.05) is 0 Å². The summed E-state index contributed by atoms with van der Waals surface area (Å²) in [5.74, 6) is -0.777. The standard InChI is InChI=1S/C14H16N2O2S/c1-3-11-8-13(19-9-14(17)18)16(15-11)12-6-4-10(2)5-7-12/h4-8H,3,9H2,1-2H3,(H,17,18). The van der Waals surface area contributed by atoms with Crippen molar-refractivity contribution >= 4 is 17.7 Å². The molecule has 0 aliphatic rings. The van der Waals surface area contributed by atoms with Gasteiger partial charge in [0.25, 0.3) is 0 Å². The number of carbonyl (C=O) groups is 1. The highest BCUT2D eigenvalue weighted by atomic mass is 32.2. The first kappa shape index (κ1) is 13.7. The molecule has 0 aliphatic carbocycles. The Bertz CT molecular complexity index is 576. The summed E-state index contributed by atoms with van der Waals surface area (Å²) >= 11 is 1.29. The highest BCUT2D eigenvalue weighted by Crippen LogP contribution is 2.23. The Kier molecular flexibility index (Phi) is 4.27. The maximum atomic E-state index is 10.7. The lowest BCUT2D eigenvalue weighted by atomic mass is 10.2. The molecule has 0 aliphatic heterocycles. The van der Waals surface area contributed by atoms with Gasteiger partial charge in [-0.05, 0) is 31.5 Å². The van der Waals surface area contributed by atoms with Crippen LogP contribution in [0.3, 0.4) is 0 Å². The minimum atomic E-state index is -0.820. The SMILES string of the molecule is CCc1cc(SCC(=O)O)n(-c2ccc(C)cc2)n1. The molecular weight excluding hydrogens is 260 g/mol. The number of benzene rings is 1. The van der Waals surface area contributed by atoms with Crippen LogP contribution in [0.4, 0.5) is 0 Å². The van der Waals surface area contributed by atoms with Crippen LogP contribution in [-0.4, -0.2) is 26.6 Å². The monoisotopic (exact) mass is 276 g/mol. The van der Waals surface area contributed by atoms with Gasteiger partial charge in [0.1, 0.15) is 5.03 Å². The number of rotatable bonds is 5. The number of aliphatic carboxylic acids is 1. The number of thioether (sulfide) groups is 1. The normalized spacial score (nSPS) is 10.6. The van der Waals surface area contributed by atoms with Crippen LogP contribution in [0.25, 0.3) is 5.69 Å². The van der Waals surface area contributed by atoms with Gasteiger partial charge < -0.3 is 5.11 Å². The summed E-state index contributed by atoms with van der Waals surface area (Å²) in [6.07, 6.45) is 0.833. The van der Waals surface area contributed by atoms with Crippen LogP contribution in [0.5, 0.6) is 0 Å². The minimum absolute atomic E-state index is 0.0424. The second-order valence-electron chi connectivity index (χ2n) is 4.26. The topological polar surface area (TPSA) is 55.1 Å². The number of hydrogen-bond acceptors (Lipinski definition) is 3. The molecular formula is C14H16N2O2S. The molecule has 0 fully saturated rings. The van der Waals surface area contributed by atoms with Crippen LogP contribution in [-0.2, 0) is 11.2 Å². The molecule has 0 spiro atoms. The lowest BCUT2D eigenvalue weighted by Gasteiger charge is -2.06. The fraction of sp³-hybridized carbons (Fsp3) is 0.286. The molecule has 0 saturated heterocycles. The third-order valence-electron chi connectivity index (χ3n) is 2.71. The van der Waals surface area contributed by atoms with Crippen LogP contribution in [0.1, 0.15) is 18.2 Å². The van der Waals surface area contributed by atoms with E-state index in [1.165, 1.54) is 17.3 Å². The molecule has 100 valence electrons. The molecule has 5 heteroatoms. The van der Waals surface area contributed by atoms with Crippen LogP contribution in [0, 0.1) is 6.92 Å². The molecule has 0 unspecified atom stereocenters. The smallest absolute Gasteiger partial charge is 0.313 e. The van der Waals surface area contributed by atoms with Crippen molar-refractivity contribution in [3.63, 3.8) is 0 Å². The molecule has 0 atom stereocenters. The van der Waals surface area contributed by atoms with Crippen molar-refractivity contribution in [3.8, 4) is 5.69 Å². The van der Waals surface area contributed by atoms with Gasteiger partial charge >= 0.3 is 5.97 Å². The minimum Gasteiger partial charge on any atom is -0.481 e. The molecule has 4 nitrogen and oxygen atoms in total. The number of carboxylic acids is 1. The zero-order valence-corrected chi connectivity index (χ0v) is 11.8. The van der Waals surface area contributed by atoms with E-state index in [1.807, 2.05) is 48.9 Å². The van der Waals surface area contributed by atoms with Gasteiger partial charge in [-0.25, -0.2) is 4.68 Å². The van der Waals surface area contributed by atoms with Crippen molar-refractivity contribution in [1.29, 1.82) is 0 Å². The molecule has 19 heavy (non-hydrogen) atoms. The first-order valence-corrected chi connectivity index (χ1v) is 7.09. The molecule has 2 aromatic rings. The summed E-state index contributed by atoms with van der Waals surface area (Å²) in [7, 11) is 0. The van der Waals surface area contributed by atoms with E-state index >= 15 is 0 Å². The van der Waals surface area contributed by atoms with Crippen LogP contribution < -0.4 is 0 Å². The van der Waals surface area contributed by atoms with Crippen molar-refractivity contribution in [2.45, 2.75) is 25.3 Å². The zero-order chi connectivity index (χ0) is 13.8. The van der Waals surface area contributed by atoms with E-state index in [4.69, 9.17) is 5.11 Å². The zero-order valence-electron chi connectivity index (χ0n) is 11.0. The average molecular weight is 276 g/mol. The van der Waals surface area contributed by atoms with Gasteiger partial charge in [-0.2, -0.15) is 5.10 Å². The van der Waals surface area contributed by atoms with Crippen molar-refractivity contribution in [2.75, 3.05) is 5.75 Å². The fourth-order valence-electron chi connectivity index (χ4n) is 1.69. The lowest BCUT2D eigenvalue weighted by molar-refractivity contribution is -0.133. The number of aromatic nitrogens is 2. The molecule has 1 aromatic heterocycles. The maximum absolute atomic E-state index is 10.7. The summed E-state index contributed by atoms with van der Waals surface area (Å²) in [4.78, 5) is 10.7. The number of nitrogens with zero attached hydrogens (tertiary/aromatic N) is 2. The number of aryl methyl sites for hydroxylation is 2. The van der Waals surface area contributed by atoms with Gasteiger partial charge in [0.15, 0.2) is 0 Å². The summed E-state index contributed by atoms with van der Waals surface area (Å²) < 4.78 is 1.81. The third kappa shape index (κ3) is 3.38. The Morgan fingerprint density at radius 3 is 2.63 bits per heavy atom. The average Bonchev–Trinajstić information content (AvgIpc) is 2.80. The van der Waals surface area contributed by atoms with E-state index in [9.17, 15) is 4.79 Å². The van der Waals surface area contributed by atoms with Crippen molar-refractivity contribution in [1.82, 2.24) is 9.78 Å². The molecule has 2 rings (SSSR count). The third-order valence-corrected chi connectivity index (χ3v) is 3.69. The largest absolute Gasteiger partial charge is 0.481 e. The molecule has 0 saturated carbocycles. The first-order chi connectivity index (χ1) is 9.10. The Hall–Kier alpha value is -1.75. The Morgan fingerprint density at radius 2 is 2.05 bits per heavy atom. The lowest BCUT2D eigenvalue weighted by Crippen LogP contribution is -2.02. The van der Waals surface area contributed by atoms with Gasteiger partial charge in [0.05, 0.1) is 17.1 Å². The molecule has 1 heterocycles. The van der Waals surface area contributed by atoms with Gasteiger partial charge in [-0.15, -0.1) is 0 Å². The summed E-state index contributed by atoms with van der Waals surface area (Å²) in [5.41, 5.74) is 3.11. The van der Waals surface area contributed by atoms with E-state index in [1.54, 1.807) is 0 Å². The fourth-order valence-corrected chi connectivity index (χ4v) is 2.45. The molecule has 0 amide bonds. The van der Waals surface area contributed by atoms with Crippen molar-refractivity contribution < 1.29 is 9.90 Å². The van der Waals surface area contributed by atoms with Gasteiger partial charge in [-0.1, -0.05) is 36.4 Å². The molecule has 0 radical (unpaired) electrons. The number of carboxylic acid groups (broad SMARTS) is 1. The van der Waals surface area contributed by atoms with Crippen molar-refractivity contribution in [3.05, 3.63) is 41.6 Å². The molecule has 1 aromatic carbocycles. The molecule has 0 bridgehead atoms. The maximum Gasteiger partial charge on any atom is 0.313 e. The predicted octanol–water partition coefficient (Wildman–Crippen LogP) is 2.92. The summed E-state index contributed by atoms with van der Waals surface area (Å²) in [5, 5.41) is 14.2. The van der Waals surface area contributed by atoms with E-state index in [2.05, 4.69) is 5.10 Å². The Morgan fingerprint density at radius 1 is 1.37 bits per heavy atom. The Balaban J connectivity index is 2.34. The van der Waals surface area contributed by atoms with Crippen LogP contribution in [0.2, 0.25) is 0 Å². The highest BCUT2D eigenvalue weighted by molar-refractivity contribution is 7.99. The quantitative estimate of drug-likeness (QED) is 0.853. The number of hydrogen-bond donors (Lipinski definition) is 1. The Labute approximate surface area is 116 Å². The van der Waals surface area contributed by atoms with E-state index in [0.29, 0.717) is 0 Å². The van der Waals surface area contributed by atoms with Crippen LogP contribution in [0.15, 0.2) is 35.4 Å². The summed E-state index contributed by atoms with van der Waals surface area (Å²) in [6.45, 7) is 4.07. The van der Waals surface area contributed by atoms with Crippen LogP contribution >= 0.6 is 11.8 Å². The summed E-state index contributed by atoms with van der Waals surface area (Å²) in [6, 6.07) is 9.98. The van der Waals surface area contributed by atoms with E-state index in [-0.39, 0.29) is 5.75 Å². The van der Waals surface area contributed by atoms with E-state index < -0.39 is 5.97 Å². The van der Waals surface area contributed by atoms with Gasteiger partial charge in [0.2, 0.25) is 0 Å². The molecule has 1 N–H and O–H groups in total. The first-order valence-electron chi connectivity index (χ1n) is 6.10.